The molecule has 0 aromatic heterocycles. The summed E-state index contributed by atoms with van der Waals surface area (Å²) in [7, 11) is -2.61. The predicted molar refractivity (Wildman–Crippen MR) is 153 cm³/mol. The van der Waals surface area contributed by atoms with Gasteiger partial charge in [0.25, 0.3) is 10.0 Å². The molecule has 0 fully saturated rings. The van der Waals surface area contributed by atoms with Crippen molar-refractivity contribution in [2.75, 3.05) is 24.5 Å². The molecule has 0 aliphatic heterocycles. The number of hydrogen-bond donors (Lipinski definition) is 1. The number of nitrogens with one attached hydrogen (secondary N) is 1. The number of rotatable bonds is 13. The smallest absolute Gasteiger partial charge is 0.264 e. The zero-order valence-electron chi connectivity index (χ0n) is 22.3. The summed E-state index contributed by atoms with van der Waals surface area (Å²) in [5, 5.41) is 3.36. The van der Waals surface area contributed by atoms with Crippen molar-refractivity contribution in [2.45, 2.75) is 44.2 Å². The number of hydrogen-bond acceptors (Lipinski definition) is 5. The fraction of sp³-hybridized carbons (Fsp3) is 0.310. The monoisotopic (exact) mass is 571 g/mol. The molecule has 0 saturated heterocycles. The van der Waals surface area contributed by atoms with Gasteiger partial charge >= 0.3 is 0 Å². The van der Waals surface area contributed by atoms with E-state index < -0.39 is 28.5 Å². The molecule has 208 valence electrons. The van der Waals surface area contributed by atoms with E-state index in [2.05, 4.69) is 5.32 Å². The van der Waals surface area contributed by atoms with Crippen molar-refractivity contribution in [1.29, 1.82) is 0 Å². The summed E-state index contributed by atoms with van der Waals surface area (Å²) in [4.78, 5) is 28.3. The number of halogens is 1. The van der Waals surface area contributed by atoms with Crippen LogP contribution in [0.1, 0.15) is 32.3 Å². The number of ether oxygens (including phenoxy) is 1. The molecular formula is C29H34ClN3O5S. The van der Waals surface area contributed by atoms with Crippen LogP contribution in [-0.2, 0) is 26.2 Å². The van der Waals surface area contributed by atoms with Crippen LogP contribution in [0, 0.1) is 0 Å². The standard InChI is InChI=1S/C29H34ClN3O5S/c1-4-5-18-31-29(35)22(2)32(20-23-10-9-11-24(30)19-23)28(34)21-33(25-14-16-26(38-3)17-15-25)39(36,37)27-12-7-6-8-13-27/h6-17,19,22H,4-5,18,20-21H2,1-3H3,(H,31,35)/t22-/m0/s1. The Labute approximate surface area is 235 Å². The maximum absolute atomic E-state index is 13.9. The van der Waals surface area contributed by atoms with Gasteiger partial charge in [-0.25, -0.2) is 8.42 Å². The molecule has 3 aromatic carbocycles. The third-order valence-electron chi connectivity index (χ3n) is 6.21. The average Bonchev–Trinajstić information content (AvgIpc) is 2.94. The molecule has 0 unspecified atom stereocenters. The van der Waals surface area contributed by atoms with Crippen molar-refractivity contribution in [1.82, 2.24) is 10.2 Å². The van der Waals surface area contributed by atoms with Crippen LogP contribution >= 0.6 is 11.6 Å². The Morgan fingerprint density at radius 1 is 1.00 bits per heavy atom. The summed E-state index contributed by atoms with van der Waals surface area (Å²) < 4.78 is 33.8. The molecule has 0 bridgehead atoms. The summed E-state index contributed by atoms with van der Waals surface area (Å²) in [5.41, 5.74) is 1.00. The lowest BCUT2D eigenvalue weighted by atomic mass is 10.1. The number of sulfonamides is 1. The van der Waals surface area contributed by atoms with E-state index in [1.54, 1.807) is 73.7 Å². The summed E-state index contributed by atoms with van der Waals surface area (Å²) in [6.45, 7) is 3.69. The van der Waals surface area contributed by atoms with Crippen LogP contribution in [0.2, 0.25) is 5.02 Å². The molecule has 0 spiro atoms. The van der Waals surface area contributed by atoms with E-state index >= 15 is 0 Å². The molecule has 0 saturated carbocycles. The second-order valence-electron chi connectivity index (χ2n) is 8.99. The van der Waals surface area contributed by atoms with Gasteiger partial charge in [0.05, 0.1) is 17.7 Å². The molecule has 10 heteroatoms. The van der Waals surface area contributed by atoms with Gasteiger partial charge in [-0.1, -0.05) is 55.3 Å². The highest BCUT2D eigenvalue weighted by Crippen LogP contribution is 2.26. The molecule has 0 aliphatic carbocycles. The van der Waals surface area contributed by atoms with Crippen LogP contribution in [0.15, 0.2) is 83.8 Å². The topological polar surface area (TPSA) is 96.0 Å². The van der Waals surface area contributed by atoms with E-state index in [9.17, 15) is 18.0 Å². The minimum Gasteiger partial charge on any atom is -0.497 e. The minimum atomic E-state index is -4.12. The summed E-state index contributed by atoms with van der Waals surface area (Å²) in [5.74, 6) is -0.314. The first kappa shape index (κ1) is 30.0. The Morgan fingerprint density at radius 2 is 1.69 bits per heavy atom. The third kappa shape index (κ3) is 7.97. The van der Waals surface area contributed by atoms with Crippen LogP contribution in [0.25, 0.3) is 0 Å². The maximum atomic E-state index is 13.9. The van der Waals surface area contributed by atoms with Gasteiger partial charge in [0.15, 0.2) is 0 Å². The highest BCUT2D eigenvalue weighted by Gasteiger charge is 2.32. The highest BCUT2D eigenvalue weighted by molar-refractivity contribution is 7.92. The molecule has 2 amide bonds. The molecule has 0 radical (unpaired) electrons. The van der Waals surface area contributed by atoms with Gasteiger partial charge in [-0.05, 0) is 67.4 Å². The highest BCUT2D eigenvalue weighted by atomic mass is 35.5. The number of benzene rings is 3. The third-order valence-corrected chi connectivity index (χ3v) is 8.23. The Bertz CT molecular complexity index is 1350. The first-order valence-electron chi connectivity index (χ1n) is 12.7. The van der Waals surface area contributed by atoms with E-state index in [1.165, 1.54) is 24.1 Å². The normalized spacial score (nSPS) is 11.9. The number of nitrogens with zero attached hydrogens (tertiary/aromatic N) is 2. The second kappa shape index (κ2) is 14.0. The Balaban J connectivity index is 1.99. The molecule has 3 aromatic rings. The largest absolute Gasteiger partial charge is 0.497 e. The van der Waals surface area contributed by atoms with E-state index in [0.717, 1.165) is 17.1 Å². The number of methoxy groups -OCH3 is 1. The van der Waals surface area contributed by atoms with Crippen molar-refractivity contribution in [3.8, 4) is 5.75 Å². The van der Waals surface area contributed by atoms with Crippen molar-refractivity contribution < 1.29 is 22.7 Å². The summed E-state index contributed by atoms with van der Waals surface area (Å²) >= 11 is 6.17. The number of carbonyl (C=O) groups excluding carboxylic acids is 2. The van der Waals surface area contributed by atoms with Gasteiger partial charge in [-0.15, -0.1) is 0 Å². The first-order chi connectivity index (χ1) is 18.7. The van der Waals surface area contributed by atoms with Gasteiger partial charge in [-0.2, -0.15) is 0 Å². The Morgan fingerprint density at radius 3 is 2.31 bits per heavy atom. The van der Waals surface area contributed by atoms with Gasteiger partial charge in [0.1, 0.15) is 18.3 Å². The summed E-state index contributed by atoms with van der Waals surface area (Å²) in [6, 6.07) is 20.5. The van der Waals surface area contributed by atoms with Crippen molar-refractivity contribution >= 4 is 39.1 Å². The van der Waals surface area contributed by atoms with Crippen LogP contribution in [0.5, 0.6) is 5.75 Å². The molecule has 1 atom stereocenters. The zero-order chi connectivity index (χ0) is 28.4. The zero-order valence-corrected chi connectivity index (χ0v) is 23.9. The molecule has 0 aliphatic rings. The lowest BCUT2D eigenvalue weighted by Gasteiger charge is -2.32. The minimum absolute atomic E-state index is 0.0420. The van der Waals surface area contributed by atoms with Crippen LogP contribution in [-0.4, -0.2) is 51.4 Å². The maximum Gasteiger partial charge on any atom is 0.264 e. The van der Waals surface area contributed by atoms with Gasteiger partial charge < -0.3 is 15.0 Å². The molecule has 3 rings (SSSR count). The Hall–Kier alpha value is -3.56. The number of unbranched alkanes of at least 4 members (excludes halogenated alkanes) is 1. The van der Waals surface area contributed by atoms with Crippen molar-refractivity contribution in [3.05, 3.63) is 89.4 Å². The molecular weight excluding hydrogens is 538 g/mol. The Kier molecular flexibility index (Phi) is 10.8. The molecule has 0 heterocycles. The van der Waals surface area contributed by atoms with E-state index in [1.807, 2.05) is 6.92 Å². The predicted octanol–water partition coefficient (Wildman–Crippen LogP) is 4.88. The van der Waals surface area contributed by atoms with Gasteiger partial charge in [0.2, 0.25) is 11.8 Å². The lowest BCUT2D eigenvalue weighted by Crippen LogP contribution is -2.51. The van der Waals surface area contributed by atoms with Gasteiger partial charge in [-0.3, -0.25) is 13.9 Å². The number of anilines is 1. The number of amides is 2. The van der Waals surface area contributed by atoms with Crippen LogP contribution < -0.4 is 14.4 Å². The summed E-state index contributed by atoms with van der Waals surface area (Å²) in [6.07, 6.45) is 1.72. The van der Waals surface area contributed by atoms with Gasteiger partial charge in [0, 0.05) is 18.1 Å². The van der Waals surface area contributed by atoms with Crippen molar-refractivity contribution in [2.24, 2.45) is 0 Å². The molecule has 39 heavy (non-hydrogen) atoms. The second-order valence-corrected chi connectivity index (χ2v) is 11.3. The molecule has 1 N–H and O–H groups in total. The van der Waals surface area contributed by atoms with Crippen molar-refractivity contribution in [3.63, 3.8) is 0 Å². The van der Waals surface area contributed by atoms with Crippen LogP contribution in [0.3, 0.4) is 0 Å². The SMILES string of the molecule is CCCCNC(=O)[C@H](C)N(Cc1cccc(Cl)c1)C(=O)CN(c1ccc(OC)cc1)S(=O)(=O)c1ccccc1. The molecule has 8 nitrogen and oxygen atoms in total. The fourth-order valence-electron chi connectivity index (χ4n) is 3.95. The number of carbonyl (C=O) groups is 2. The fourth-order valence-corrected chi connectivity index (χ4v) is 5.60. The van der Waals surface area contributed by atoms with E-state index in [4.69, 9.17) is 16.3 Å². The average molecular weight is 572 g/mol. The van der Waals surface area contributed by atoms with E-state index in [-0.39, 0.29) is 23.0 Å². The van der Waals surface area contributed by atoms with Crippen LogP contribution in [0.4, 0.5) is 5.69 Å². The lowest BCUT2D eigenvalue weighted by molar-refractivity contribution is -0.139. The van der Waals surface area contributed by atoms with E-state index in [0.29, 0.717) is 22.9 Å². The quantitative estimate of drug-likeness (QED) is 0.295. The first-order valence-corrected chi connectivity index (χ1v) is 14.5.